The molecule has 0 bridgehead atoms. The van der Waals surface area contributed by atoms with E-state index in [0.717, 1.165) is 12.2 Å². The molecule has 0 aliphatic carbocycles. The van der Waals surface area contributed by atoms with Gasteiger partial charge in [-0.3, -0.25) is 4.68 Å². The summed E-state index contributed by atoms with van der Waals surface area (Å²) in [5.74, 6) is 1.18. The molecule has 0 spiro atoms. The van der Waals surface area contributed by atoms with Crippen LogP contribution in [-0.2, 0) is 11.3 Å². The molecule has 2 rings (SSSR count). The topological polar surface area (TPSA) is 17.8 Å². The van der Waals surface area contributed by atoms with Gasteiger partial charge in [-0.1, -0.05) is 0 Å². The maximum absolute atomic E-state index is 4.45. The summed E-state index contributed by atoms with van der Waals surface area (Å²) in [4.78, 5) is 0. The minimum absolute atomic E-state index is 0.250. The summed E-state index contributed by atoms with van der Waals surface area (Å²) in [5.41, 5.74) is 2.51. The Labute approximate surface area is 77.3 Å². The van der Waals surface area contributed by atoms with Crippen molar-refractivity contribution in [3.8, 4) is 0 Å². The van der Waals surface area contributed by atoms with Crippen molar-refractivity contribution in [1.29, 1.82) is 0 Å². The monoisotopic (exact) mass is 182 g/mol. The SMILES string of the molecule is Cc1cc2n(n1)CCSC2(C)C. The highest BCUT2D eigenvalue weighted by molar-refractivity contribution is 8.00. The first-order valence-corrected chi connectivity index (χ1v) is 5.27. The van der Waals surface area contributed by atoms with E-state index in [-0.39, 0.29) is 4.75 Å². The molecule has 1 aliphatic heterocycles. The van der Waals surface area contributed by atoms with Crippen LogP contribution in [0.25, 0.3) is 0 Å². The van der Waals surface area contributed by atoms with Crippen molar-refractivity contribution >= 4 is 11.8 Å². The van der Waals surface area contributed by atoms with Gasteiger partial charge in [0.15, 0.2) is 0 Å². The molecule has 0 amide bonds. The quantitative estimate of drug-likeness (QED) is 0.612. The lowest BCUT2D eigenvalue weighted by molar-refractivity contribution is 0.558. The lowest BCUT2D eigenvalue weighted by Crippen LogP contribution is -2.25. The molecule has 0 aromatic carbocycles. The first-order valence-electron chi connectivity index (χ1n) is 4.28. The number of hydrogen-bond acceptors (Lipinski definition) is 2. The second-order valence-electron chi connectivity index (χ2n) is 3.75. The van der Waals surface area contributed by atoms with E-state index in [0.29, 0.717) is 0 Å². The first-order chi connectivity index (χ1) is 5.59. The van der Waals surface area contributed by atoms with Gasteiger partial charge >= 0.3 is 0 Å². The van der Waals surface area contributed by atoms with Crippen molar-refractivity contribution in [2.75, 3.05) is 5.75 Å². The summed E-state index contributed by atoms with van der Waals surface area (Å²) in [7, 11) is 0. The fourth-order valence-corrected chi connectivity index (χ4v) is 2.75. The van der Waals surface area contributed by atoms with Crippen LogP contribution in [0, 0.1) is 6.92 Å². The van der Waals surface area contributed by atoms with Crippen LogP contribution in [0.3, 0.4) is 0 Å². The zero-order chi connectivity index (χ0) is 8.77. The van der Waals surface area contributed by atoms with Crippen molar-refractivity contribution in [3.63, 3.8) is 0 Å². The minimum atomic E-state index is 0.250. The Hall–Kier alpha value is -0.440. The zero-order valence-electron chi connectivity index (χ0n) is 7.79. The van der Waals surface area contributed by atoms with Gasteiger partial charge in [-0.15, -0.1) is 11.8 Å². The molecule has 66 valence electrons. The predicted octanol–water partition coefficient (Wildman–Crippen LogP) is 2.17. The normalized spacial score (nSPS) is 20.6. The van der Waals surface area contributed by atoms with Gasteiger partial charge in [0, 0.05) is 5.75 Å². The summed E-state index contributed by atoms with van der Waals surface area (Å²) < 4.78 is 2.39. The molecule has 2 nitrogen and oxygen atoms in total. The van der Waals surface area contributed by atoms with E-state index in [9.17, 15) is 0 Å². The van der Waals surface area contributed by atoms with Crippen LogP contribution < -0.4 is 0 Å². The van der Waals surface area contributed by atoms with Gasteiger partial charge in [-0.2, -0.15) is 5.10 Å². The fraction of sp³-hybridized carbons (Fsp3) is 0.667. The van der Waals surface area contributed by atoms with Gasteiger partial charge in [0.25, 0.3) is 0 Å². The molecule has 12 heavy (non-hydrogen) atoms. The fourth-order valence-electron chi connectivity index (χ4n) is 1.66. The largest absolute Gasteiger partial charge is 0.267 e. The molecule has 1 aliphatic rings. The third kappa shape index (κ3) is 1.16. The lowest BCUT2D eigenvalue weighted by Gasteiger charge is -2.29. The Balaban J connectivity index is 2.51. The van der Waals surface area contributed by atoms with Crippen molar-refractivity contribution in [2.45, 2.75) is 32.1 Å². The Morgan fingerprint density at radius 3 is 3.00 bits per heavy atom. The van der Waals surface area contributed by atoms with Gasteiger partial charge in [-0.05, 0) is 26.8 Å². The molecule has 2 heterocycles. The van der Waals surface area contributed by atoms with Crippen molar-refractivity contribution in [3.05, 3.63) is 17.5 Å². The van der Waals surface area contributed by atoms with E-state index in [2.05, 4.69) is 36.6 Å². The van der Waals surface area contributed by atoms with Crippen molar-refractivity contribution < 1.29 is 0 Å². The van der Waals surface area contributed by atoms with E-state index in [1.165, 1.54) is 11.4 Å². The highest BCUT2D eigenvalue weighted by atomic mass is 32.2. The number of nitrogens with zero attached hydrogens (tertiary/aromatic N) is 2. The Morgan fingerprint density at radius 1 is 1.58 bits per heavy atom. The average Bonchev–Trinajstić information content (AvgIpc) is 2.30. The third-order valence-corrected chi connectivity index (χ3v) is 3.60. The maximum atomic E-state index is 4.45. The number of hydrogen-bond donors (Lipinski definition) is 0. The average molecular weight is 182 g/mol. The Bertz CT molecular complexity index is 301. The van der Waals surface area contributed by atoms with Crippen molar-refractivity contribution in [1.82, 2.24) is 9.78 Å². The summed E-state index contributed by atoms with van der Waals surface area (Å²) in [5, 5.41) is 4.45. The van der Waals surface area contributed by atoms with Crippen LogP contribution in [0.5, 0.6) is 0 Å². The van der Waals surface area contributed by atoms with E-state index >= 15 is 0 Å². The molecule has 0 unspecified atom stereocenters. The highest BCUT2D eigenvalue weighted by Crippen LogP contribution is 2.38. The van der Waals surface area contributed by atoms with Crippen LogP contribution in [0.2, 0.25) is 0 Å². The van der Waals surface area contributed by atoms with Crippen LogP contribution in [0.1, 0.15) is 25.2 Å². The van der Waals surface area contributed by atoms with Crippen LogP contribution >= 0.6 is 11.8 Å². The first kappa shape index (κ1) is 8.17. The summed E-state index contributed by atoms with van der Waals surface area (Å²) in [6.07, 6.45) is 0. The molecular formula is C9H14N2S. The Kier molecular flexibility index (Phi) is 1.72. The molecule has 0 fully saturated rings. The molecule has 0 N–H and O–H groups in total. The molecule has 1 aromatic rings. The predicted molar refractivity (Wildman–Crippen MR) is 52.4 cm³/mol. The number of aryl methyl sites for hydroxylation is 2. The van der Waals surface area contributed by atoms with Crippen LogP contribution in [-0.4, -0.2) is 15.5 Å². The molecular weight excluding hydrogens is 168 g/mol. The Morgan fingerprint density at radius 2 is 2.33 bits per heavy atom. The van der Waals surface area contributed by atoms with Crippen LogP contribution in [0.15, 0.2) is 6.07 Å². The van der Waals surface area contributed by atoms with E-state index in [1.54, 1.807) is 0 Å². The number of thioether (sulfide) groups is 1. The number of fused-ring (bicyclic) bond motifs is 1. The third-order valence-electron chi connectivity index (χ3n) is 2.28. The molecule has 1 aromatic heterocycles. The molecule has 0 saturated heterocycles. The second kappa shape index (κ2) is 2.52. The highest BCUT2D eigenvalue weighted by Gasteiger charge is 2.29. The molecule has 0 radical (unpaired) electrons. The minimum Gasteiger partial charge on any atom is -0.267 e. The zero-order valence-corrected chi connectivity index (χ0v) is 8.61. The van der Waals surface area contributed by atoms with Gasteiger partial charge < -0.3 is 0 Å². The summed E-state index contributed by atoms with van der Waals surface area (Å²) in [6.45, 7) is 7.66. The standard InChI is InChI=1S/C9H14N2S/c1-7-6-8-9(2,3)12-5-4-11(8)10-7/h6H,4-5H2,1-3H3. The molecule has 0 saturated carbocycles. The number of aromatic nitrogens is 2. The van der Waals surface area contributed by atoms with E-state index < -0.39 is 0 Å². The summed E-state index contributed by atoms with van der Waals surface area (Å²) in [6, 6.07) is 2.20. The van der Waals surface area contributed by atoms with E-state index in [1.807, 2.05) is 11.8 Å². The summed E-state index contributed by atoms with van der Waals surface area (Å²) >= 11 is 2.02. The van der Waals surface area contributed by atoms with E-state index in [4.69, 9.17) is 0 Å². The van der Waals surface area contributed by atoms with Crippen LogP contribution in [0.4, 0.5) is 0 Å². The van der Waals surface area contributed by atoms with Gasteiger partial charge in [0.05, 0.1) is 22.7 Å². The molecule has 3 heteroatoms. The molecule has 0 atom stereocenters. The number of rotatable bonds is 0. The van der Waals surface area contributed by atoms with Gasteiger partial charge in [-0.25, -0.2) is 0 Å². The van der Waals surface area contributed by atoms with Crippen molar-refractivity contribution in [2.24, 2.45) is 0 Å². The van der Waals surface area contributed by atoms with Gasteiger partial charge in [0.1, 0.15) is 0 Å². The van der Waals surface area contributed by atoms with Gasteiger partial charge in [0.2, 0.25) is 0 Å². The second-order valence-corrected chi connectivity index (χ2v) is 5.47. The maximum Gasteiger partial charge on any atom is 0.0597 e. The lowest BCUT2D eigenvalue weighted by atomic mass is 10.1. The smallest absolute Gasteiger partial charge is 0.0597 e.